The van der Waals surface area contributed by atoms with E-state index < -0.39 is 0 Å². The van der Waals surface area contributed by atoms with Crippen LogP contribution in [-0.2, 0) is 0 Å². The fourth-order valence-electron chi connectivity index (χ4n) is 2.11. The molecule has 0 aliphatic rings. The van der Waals surface area contributed by atoms with E-state index in [4.69, 9.17) is 0 Å². The van der Waals surface area contributed by atoms with Crippen molar-refractivity contribution in [2.75, 3.05) is 25.5 Å². The van der Waals surface area contributed by atoms with Gasteiger partial charge in [-0.3, -0.25) is 0 Å². The van der Waals surface area contributed by atoms with Crippen LogP contribution < -0.4 is 10.2 Å². The summed E-state index contributed by atoms with van der Waals surface area (Å²) < 4.78 is 13.8. The molecule has 1 aromatic carbocycles. The highest BCUT2D eigenvalue weighted by molar-refractivity contribution is 5.56. The summed E-state index contributed by atoms with van der Waals surface area (Å²) in [6.45, 7) is 8.54. The highest BCUT2D eigenvalue weighted by atomic mass is 19.1. The number of nitrogens with zero attached hydrogens (tertiary/aromatic N) is 1. The van der Waals surface area contributed by atoms with Crippen molar-refractivity contribution in [3.05, 3.63) is 41.7 Å². The number of benzene rings is 1. The zero-order chi connectivity index (χ0) is 14.4. The van der Waals surface area contributed by atoms with Crippen molar-refractivity contribution in [3.63, 3.8) is 0 Å². The quantitative estimate of drug-likeness (QED) is 0.595. The van der Waals surface area contributed by atoms with Crippen LogP contribution in [0, 0.1) is 12.7 Å². The normalized spacial score (nSPS) is 12.3. The number of allylic oxidation sites excluding steroid dienone is 1. The summed E-state index contributed by atoms with van der Waals surface area (Å²) in [5.74, 6) is -0.139. The molecule has 0 saturated heterocycles. The zero-order valence-electron chi connectivity index (χ0n) is 12.5. The molecule has 0 aliphatic heterocycles. The van der Waals surface area contributed by atoms with E-state index in [1.54, 1.807) is 6.07 Å². The first-order valence-corrected chi connectivity index (χ1v) is 6.80. The van der Waals surface area contributed by atoms with E-state index in [-0.39, 0.29) is 11.9 Å². The van der Waals surface area contributed by atoms with Crippen molar-refractivity contribution in [3.8, 4) is 0 Å². The van der Waals surface area contributed by atoms with Crippen LogP contribution in [0.4, 0.5) is 10.1 Å². The van der Waals surface area contributed by atoms with Gasteiger partial charge in [-0.15, -0.1) is 6.58 Å². The molecular weight excluding hydrogens is 239 g/mol. The van der Waals surface area contributed by atoms with Crippen molar-refractivity contribution in [2.24, 2.45) is 0 Å². The molecule has 1 unspecified atom stereocenters. The van der Waals surface area contributed by atoms with Crippen molar-refractivity contribution >= 4 is 5.69 Å². The molecule has 1 atom stereocenters. The smallest absolute Gasteiger partial charge is 0.126 e. The lowest BCUT2D eigenvalue weighted by molar-refractivity contribution is 0.600. The maximum atomic E-state index is 13.8. The van der Waals surface area contributed by atoms with Crippen molar-refractivity contribution in [1.29, 1.82) is 0 Å². The summed E-state index contributed by atoms with van der Waals surface area (Å²) >= 11 is 0. The second-order valence-corrected chi connectivity index (χ2v) is 5.02. The van der Waals surface area contributed by atoms with E-state index in [9.17, 15) is 4.39 Å². The minimum atomic E-state index is -0.139. The van der Waals surface area contributed by atoms with Crippen LogP contribution in [0.15, 0.2) is 24.8 Å². The van der Waals surface area contributed by atoms with Crippen LogP contribution in [0.25, 0.3) is 0 Å². The van der Waals surface area contributed by atoms with Crippen LogP contribution >= 0.6 is 0 Å². The van der Waals surface area contributed by atoms with Crippen LogP contribution in [0.3, 0.4) is 0 Å². The number of anilines is 1. The molecule has 0 aliphatic carbocycles. The van der Waals surface area contributed by atoms with Gasteiger partial charge in [-0.25, -0.2) is 4.39 Å². The third-order valence-electron chi connectivity index (χ3n) is 3.52. The van der Waals surface area contributed by atoms with Gasteiger partial charge in [0.2, 0.25) is 0 Å². The van der Waals surface area contributed by atoms with E-state index in [1.807, 2.05) is 33.0 Å². The molecule has 0 amide bonds. The summed E-state index contributed by atoms with van der Waals surface area (Å²) in [6.07, 6.45) is 3.99. The highest BCUT2D eigenvalue weighted by Crippen LogP contribution is 2.28. The number of hydrogen-bond acceptors (Lipinski definition) is 2. The zero-order valence-corrected chi connectivity index (χ0v) is 12.5. The monoisotopic (exact) mass is 264 g/mol. The Morgan fingerprint density at radius 1 is 1.47 bits per heavy atom. The summed E-state index contributed by atoms with van der Waals surface area (Å²) in [4.78, 5) is 2.19. The van der Waals surface area contributed by atoms with E-state index in [1.165, 1.54) is 0 Å². The Morgan fingerprint density at radius 2 is 2.16 bits per heavy atom. The minimum absolute atomic E-state index is 0.131. The third kappa shape index (κ3) is 4.06. The minimum Gasteiger partial charge on any atom is -0.374 e. The number of unbranched alkanes of at least 4 members (excludes halogenated alkanes) is 1. The van der Waals surface area contributed by atoms with Gasteiger partial charge in [0.25, 0.3) is 0 Å². The van der Waals surface area contributed by atoms with Gasteiger partial charge in [0.15, 0.2) is 0 Å². The number of halogens is 1. The topological polar surface area (TPSA) is 15.3 Å². The predicted molar refractivity (Wildman–Crippen MR) is 81.3 cm³/mol. The fraction of sp³-hybridized carbons (Fsp3) is 0.500. The van der Waals surface area contributed by atoms with Gasteiger partial charge in [0, 0.05) is 25.3 Å². The van der Waals surface area contributed by atoms with Gasteiger partial charge in [0.05, 0.1) is 0 Å². The molecule has 1 aromatic rings. The molecule has 3 heteroatoms. The molecule has 1 N–H and O–H groups in total. The van der Waals surface area contributed by atoms with Crippen LogP contribution in [0.1, 0.15) is 36.9 Å². The molecule has 0 bridgehead atoms. The maximum Gasteiger partial charge on any atom is 0.126 e. The van der Waals surface area contributed by atoms with Crippen molar-refractivity contribution in [1.82, 2.24) is 5.32 Å². The van der Waals surface area contributed by atoms with Crippen molar-refractivity contribution < 1.29 is 4.39 Å². The molecule has 0 aromatic heterocycles. The van der Waals surface area contributed by atoms with Gasteiger partial charge >= 0.3 is 0 Å². The number of hydrogen-bond donors (Lipinski definition) is 1. The van der Waals surface area contributed by atoms with Gasteiger partial charge in [-0.1, -0.05) is 6.08 Å². The van der Waals surface area contributed by atoms with Crippen LogP contribution in [0.5, 0.6) is 0 Å². The van der Waals surface area contributed by atoms with E-state index in [0.29, 0.717) is 5.56 Å². The standard InChI is InChI=1S/C16H25FN2/c1-6-7-8-9-19(5)16-10-12(2)15(17)11-14(16)13(3)18-4/h6,10-11,13,18H,1,7-9H2,2-5H3. The van der Waals surface area contributed by atoms with E-state index in [2.05, 4.69) is 23.8 Å². The van der Waals surface area contributed by atoms with E-state index >= 15 is 0 Å². The third-order valence-corrected chi connectivity index (χ3v) is 3.52. The fourth-order valence-corrected chi connectivity index (χ4v) is 2.11. The lowest BCUT2D eigenvalue weighted by Crippen LogP contribution is -2.23. The van der Waals surface area contributed by atoms with Gasteiger partial charge in [-0.2, -0.15) is 0 Å². The van der Waals surface area contributed by atoms with E-state index in [0.717, 1.165) is 30.6 Å². The largest absolute Gasteiger partial charge is 0.374 e. The average molecular weight is 264 g/mol. The summed E-state index contributed by atoms with van der Waals surface area (Å²) in [5, 5.41) is 3.18. The molecule has 1 rings (SSSR count). The van der Waals surface area contributed by atoms with Crippen molar-refractivity contribution in [2.45, 2.75) is 32.7 Å². The van der Waals surface area contributed by atoms with Gasteiger partial charge in [-0.05, 0) is 57.0 Å². The first-order valence-electron chi connectivity index (χ1n) is 6.80. The molecule has 0 saturated carbocycles. The lowest BCUT2D eigenvalue weighted by Gasteiger charge is -2.26. The number of nitrogens with one attached hydrogen (secondary N) is 1. The first kappa shape index (κ1) is 15.7. The van der Waals surface area contributed by atoms with Gasteiger partial charge in [0.1, 0.15) is 5.82 Å². The summed E-state index contributed by atoms with van der Waals surface area (Å²) in [6, 6.07) is 3.72. The Bertz CT molecular complexity index is 429. The molecule has 0 radical (unpaired) electrons. The van der Waals surface area contributed by atoms with Crippen LogP contribution in [-0.4, -0.2) is 20.6 Å². The Kier molecular flexibility index (Phi) is 6.03. The molecule has 0 fully saturated rings. The Morgan fingerprint density at radius 3 is 2.74 bits per heavy atom. The average Bonchev–Trinajstić information content (AvgIpc) is 2.40. The number of aryl methyl sites for hydroxylation is 1. The highest BCUT2D eigenvalue weighted by Gasteiger charge is 2.15. The summed E-state index contributed by atoms with van der Waals surface area (Å²) in [7, 11) is 3.95. The Hall–Kier alpha value is -1.35. The molecule has 2 nitrogen and oxygen atoms in total. The molecule has 0 heterocycles. The molecule has 106 valence electrons. The maximum absolute atomic E-state index is 13.8. The Balaban J connectivity index is 3.02. The lowest BCUT2D eigenvalue weighted by atomic mass is 10.0. The molecule has 19 heavy (non-hydrogen) atoms. The molecule has 0 spiro atoms. The SMILES string of the molecule is C=CCCCN(C)c1cc(C)c(F)cc1C(C)NC. The van der Waals surface area contributed by atoms with Crippen LogP contribution in [0.2, 0.25) is 0 Å². The summed E-state index contributed by atoms with van der Waals surface area (Å²) in [5.41, 5.74) is 2.80. The second kappa shape index (κ2) is 7.29. The molecular formula is C16H25FN2. The second-order valence-electron chi connectivity index (χ2n) is 5.02. The predicted octanol–water partition coefficient (Wildman–Crippen LogP) is 3.82. The number of rotatable bonds is 7. The first-order chi connectivity index (χ1) is 9.01. The van der Waals surface area contributed by atoms with Gasteiger partial charge < -0.3 is 10.2 Å². The Labute approximate surface area is 116 Å².